The maximum Gasteiger partial charge on any atom is 0.313 e. The van der Waals surface area contributed by atoms with E-state index in [4.69, 9.17) is 0 Å². The van der Waals surface area contributed by atoms with Crippen LogP contribution in [0.3, 0.4) is 0 Å². The number of halogens is 4. The van der Waals surface area contributed by atoms with Crippen molar-refractivity contribution in [2.45, 2.75) is 25.3 Å². The quantitative estimate of drug-likeness (QED) is 0.166. The average Bonchev–Trinajstić information content (AvgIpc) is 3.02. The number of fused-ring (bicyclic) bond motifs is 1. The first-order valence-corrected chi connectivity index (χ1v) is 15.9. The Morgan fingerprint density at radius 2 is 1.64 bits per heavy atom. The lowest BCUT2D eigenvalue weighted by molar-refractivity contribution is -0.145. The molecule has 0 bridgehead atoms. The molecular weight excluding hydrogens is 652 g/mol. The normalized spacial score (nSPS) is 15.4. The van der Waals surface area contributed by atoms with Gasteiger partial charge in [0.25, 0.3) is 0 Å². The highest BCUT2D eigenvalue weighted by molar-refractivity contribution is 7.89. The Morgan fingerprint density at radius 3 is 2.32 bits per heavy atom. The summed E-state index contributed by atoms with van der Waals surface area (Å²) in [5, 5.41) is 6.33. The first-order chi connectivity index (χ1) is 22.1. The number of benzene rings is 3. The highest BCUT2D eigenvalue weighted by Gasteiger charge is 2.34. The number of carbonyl (C=O) groups is 5. The summed E-state index contributed by atoms with van der Waals surface area (Å²) >= 11 is 0. The van der Waals surface area contributed by atoms with Crippen molar-refractivity contribution < 1.29 is 54.7 Å². The minimum Gasteiger partial charge on any atom is -0.479 e. The molecule has 47 heavy (non-hydrogen) atoms. The summed E-state index contributed by atoms with van der Waals surface area (Å²) in [4.78, 5) is 65.5. The molecule has 1 heterocycles. The molecule has 4 rings (SSSR count). The van der Waals surface area contributed by atoms with Gasteiger partial charge in [-0.3, -0.25) is 28.7 Å². The Kier molecular flexibility index (Phi) is 10.8. The Balaban J connectivity index is 1.44. The van der Waals surface area contributed by atoms with Gasteiger partial charge in [0.1, 0.15) is 6.61 Å². The monoisotopic (exact) mass is 680 g/mol. The molecule has 2 unspecified atom stereocenters. The summed E-state index contributed by atoms with van der Waals surface area (Å²) in [5.41, 5.74) is 0.393. The molecule has 0 aromatic heterocycles. The van der Waals surface area contributed by atoms with E-state index in [0.29, 0.717) is 17.3 Å². The van der Waals surface area contributed by atoms with E-state index in [0.717, 1.165) is 10.3 Å². The van der Waals surface area contributed by atoms with Crippen LogP contribution in [0.25, 0.3) is 10.8 Å². The number of amides is 4. The Labute approximate surface area is 265 Å². The second kappa shape index (κ2) is 14.6. The van der Waals surface area contributed by atoms with E-state index in [2.05, 4.69) is 15.4 Å². The molecular formula is C30H28F4N4O8S. The van der Waals surface area contributed by atoms with Gasteiger partial charge in [0.05, 0.1) is 24.6 Å². The maximum atomic E-state index is 14.0. The standard InChI is InChI=1S/C30H28F4N4O8S/c1-47(44,45)37-24(40)13-22(23(39)15-46-27-25(33)19(31)12-20(32)26(27)34)36-28(41)17-8-5-11-38(14-17)30(43)29(42)35-21-10-4-7-16-6-2-3-9-18(16)21/h2-4,6-7,9-10,12,17,22H,5,8,11,13-15H2,1H3,(H,35,42)(H,36,41)(H,37,40). The summed E-state index contributed by atoms with van der Waals surface area (Å²) in [6, 6.07) is 10.4. The number of carbonyl (C=O) groups excluding carboxylic acids is 5. The maximum absolute atomic E-state index is 14.0. The van der Waals surface area contributed by atoms with Gasteiger partial charge >= 0.3 is 11.8 Å². The molecule has 250 valence electrons. The number of hydrogen-bond acceptors (Lipinski definition) is 8. The summed E-state index contributed by atoms with van der Waals surface area (Å²) < 4.78 is 84.4. The first-order valence-electron chi connectivity index (χ1n) is 14.0. The van der Waals surface area contributed by atoms with Crippen molar-refractivity contribution in [3.8, 4) is 5.75 Å². The van der Waals surface area contributed by atoms with E-state index in [1.165, 1.54) is 0 Å². The minimum absolute atomic E-state index is 0.0800. The Morgan fingerprint density at radius 1 is 0.979 bits per heavy atom. The Bertz CT molecular complexity index is 1830. The molecule has 3 N–H and O–H groups in total. The predicted octanol–water partition coefficient (Wildman–Crippen LogP) is 2.17. The van der Waals surface area contributed by atoms with Gasteiger partial charge in [0.15, 0.2) is 23.2 Å². The van der Waals surface area contributed by atoms with Crippen molar-refractivity contribution >= 4 is 55.9 Å². The van der Waals surface area contributed by atoms with E-state index in [1.807, 2.05) is 18.2 Å². The fraction of sp³-hybridized carbons (Fsp3) is 0.300. The van der Waals surface area contributed by atoms with Crippen LogP contribution in [-0.2, 0) is 34.0 Å². The summed E-state index contributed by atoms with van der Waals surface area (Å²) in [7, 11) is -4.10. The number of ketones is 1. The van der Waals surface area contributed by atoms with Gasteiger partial charge in [-0.2, -0.15) is 8.78 Å². The second-order valence-electron chi connectivity index (χ2n) is 10.7. The molecule has 1 aliphatic rings. The number of piperidine rings is 1. The van der Waals surface area contributed by atoms with Crippen LogP contribution < -0.4 is 20.1 Å². The van der Waals surface area contributed by atoms with Crippen LogP contribution in [0.1, 0.15) is 19.3 Å². The molecule has 17 heteroatoms. The lowest BCUT2D eigenvalue weighted by atomic mass is 9.96. The molecule has 3 aromatic carbocycles. The summed E-state index contributed by atoms with van der Waals surface area (Å²) in [6.45, 7) is -1.43. The fourth-order valence-corrected chi connectivity index (χ4v) is 5.42. The van der Waals surface area contributed by atoms with Gasteiger partial charge in [-0.05, 0) is 24.3 Å². The Hall–Kier alpha value is -5.06. The van der Waals surface area contributed by atoms with E-state index < -0.39 is 93.4 Å². The number of likely N-dealkylation sites (tertiary alicyclic amines) is 1. The van der Waals surface area contributed by atoms with Crippen LogP contribution in [0.15, 0.2) is 48.5 Å². The molecule has 1 fully saturated rings. The molecule has 12 nitrogen and oxygen atoms in total. The van der Waals surface area contributed by atoms with Crippen molar-refractivity contribution in [3.05, 3.63) is 71.8 Å². The third-order valence-electron chi connectivity index (χ3n) is 7.14. The van der Waals surface area contributed by atoms with Crippen molar-refractivity contribution in [2.75, 3.05) is 31.3 Å². The third kappa shape index (κ3) is 8.81. The number of rotatable bonds is 10. The van der Waals surface area contributed by atoms with Crippen molar-refractivity contribution in [3.63, 3.8) is 0 Å². The first kappa shape index (κ1) is 34.8. The zero-order valence-corrected chi connectivity index (χ0v) is 25.5. The molecule has 0 saturated carbocycles. The molecule has 4 amide bonds. The predicted molar refractivity (Wildman–Crippen MR) is 158 cm³/mol. The van der Waals surface area contributed by atoms with Gasteiger partial charge in [0.2, 0.25) is 33.5 Å². The number of sulfonamides is 1. The summed E-state index contributed by atoms with van der Waals surface area (Å²) in [5.74, 6) is -15.3. The van der Waals surface area contributed by atoms with Crippen LogP contribution >= 0.6 is 0 Å². The SMILES string of the molecule is CS(=O)(=O)NC(=O)CC(NC(=O)C1CCCN(C(=O)C(=O)Nc2cccc3ccccc23)C1)C(=O)COc1c(F)c(F)cc(F)c1F. The molecule has 3 aromatic rings. The molecule has 1 saturated heterocycles. The van der Waals surface area contributed by atoms with E-state index >= 15 is 0 Å². The highest BCUT2D eigenvalue weighted by atomic mass is 32.2. The number of hydrogen-bond donors (Lipinski definition) is 3. The van der Waals surface area contributed by atoms with Crippen molar-refractivity contribution in [1.82, 2.24) is 14.9 Å². The van der Waals surface area contributed by atoms with Gasteiger partial charge in [0, 0.05) is 30.2 Å². The zero-order valence-electron chi connectivity index (χ0n) is 24.6. The number of nitrogens with one attached hydrogen (secondary N) is 3. The van der Waals surface area contributed by atoms with Gasteiger partial charge in [-0.25, -0.2) is 17.2 Å². The van der Waals surface area contributed by atoms with E-state index in [9.17, 15) is 50.0 Å². The number of nitrogens with zero attached hydrogens (tertiary/aromatic N) is 1. The van der Waals surface area contributed by atoms with Gasteiger partial charge < -0.3 is 20.3 Å². The average molecular weight is 681 g/mol. The smallest absolute Gasteiger partial charge is 0.313 e. The third-order valence-corrected chi connectivity index (χ3v) is 7.73. The number of anilines is 1. The molecule has 0 aliphatic carbocycles. The second-order valence-corrected chi connectivity index (χ2v) is 12.4. The summed E-state index contributed by atoms with van der Waals surface area (Å²) in [6.07, 6.45) is 0.127. The van der Waals surface area contributed by atoms with Crippen molar-refractivity contribution in [2.24, 2.45) is 5.92 Å². The van der Waals surface area contributed by atoms with E-state index in [-0.39, 0.29) is 32.0 Å². The van der Waals surface area contributed by atoms with Crippen LogP contribution in [0, 0.1) is 29.2 Å². The molecule has 0 radical (unpaired) electrons. The topological polar surface area (TPSA) is 168 Å². The largest absolute Gasteiger partial charge is 0.479 e. The lowest BCUT2D eigenvalue weighted by Crippen LogP contribution is -2.52. The molecule has 1 aliphatic heterocycles. The van der Waals surface area contributed by atoms with Crippen molar-refractivity contribution in [1.29, 1.82) is 0 Å². The number of ether oxygens (including phenoxy) is 1. The zero-order chi connectivity index (χ0) is 34.5. The number of Topliss-reactive ketones (excluding diaryl/α,β-unsaturated/α-hetero) is 1. The van der Waals surface area contributed by atoms with E-state index in [1.54, 1.807) is 29.0 Å². The van der Waals surface area contributed by atoms with Gasteiger partial charge in [-0.1, -0.05) is 36.4 Å². The van der Waals surface area contributed by atoms with Crippen LogP contribution in [0.5, 0.6) is 5.75 Å². The highest BCUT2D eigenvalue weighted by Crippen LogP contribution is 2.27. The minimum atomic E-state index is -4.10. The van der Waals surface area contributed by atoms with Gasteiger partial charge in [-0.15, -0.1) is 0 Å². The lowest BCUT2D eigenvalue weighted by Gasteiger charge is -2.32. The van der Waals surface area contributed by atoms with Crippen LogP contribution in [-0.4, -0.2) is 74.7 Å². The molecule has 0 spiro atoms. The molecule has 2 atom stereocenters. The fourth-order valence-electron chi connectivity index (χ4n) is 4.92. The van der Waals surface area contributed by atoms with Crippen LogP contribution in [0.4, 0.5) is 23.2 Å². The van der Waals surface area contributed by atoms with Crippen LogP contribution in [0.2, 0.25) is 0 Å².